The highest BCUT2D eigenvalue weighted by molar-refractivity contribution is 9.13. The molecule has 0 unspecified atom stereocenters. The second kappa shape index (κ2) is 5.55. The van der Waals surface area contributed by atoms with E-state index in [1.165, 1.54) is 7.11 Å². The third-order valence-corrected chi connectivity index (χ3v) is 5.03. The van der Waals surface area contributed by atoms with Crippen LogP contribution in [0, 0.1) is 0 Å². The summed E-state index contributed by atoms with van der Waals surface area (Å²) in [5.74, 6) is -0.263. The number of hydrogen-bond donors (Lipinski definition) is 0. The van der Waals surface area contributed by atoms with Gasteiger partial charge < -0.3 is 4.74 Å². The lowest BCUT2D eigenvalue weighted by atomic mass is 10.3. The van der Waals surface area contributed by atoms with E-state index in [-0.39, 0.29) is 15.6 Å². The summed E-state index contributed by atoms with van der Waals surface area (Å²) in [6.07, 6.45) is 0. The summed E-state index contributed by atoms with van der Waals surface area (Å²) in [5, 5.41) is 0.706. The molecule has 2 atom stereocenters. The second-order valence-electron chi connectivity index (χ2n) is 1.60. The molecule has 0 aromatic heterocycles. The van der Waals surface area contributed by atoms with E-state index in [2.05, 4.69) is 52.5 Å². The maximum Gasteiger partial charge on any atom is 0.320 e. The van der Waals surface area contributed by atoms with Crippen molar-refractivity contribution in [1.29, 1.82) is 0 Å². The van der Waals surface area contributed by atoms with Gasteiger partial charge in [-0.05, 0) is 0 Å². The number of rotatable bonds is 3. The van der Waals surface area contributed by atoms with Gasteiger partial charge >= 0.3 is 5.97 Å². The molecule has 0 fully saturated rings. The van der Waals surface area contributed by atoms with Crippen molar-refractivity contribution in [2.75, 3.05) is 12.4 Å². The van der Waals surface area contributed by atoms with Crippen LogP contribution in [-0.2, 0) is 9.53 Å². The molecule has 0 heterocycles. The molecule has 0 radical (unpaired) electrons. The fraction of sp³-hybridized carbons (Fsp3) is 0.800. The highest BCUT2D eigenvalue weighted by Crippen LogP contribution is 2.17. The van der Waals surface area contributed by atoms with Crippen LogP contribution in [0.4, 0.5) is 0 Å². The summed E-state index contributed by atoms with van der Waals surface area (Å²) < 4.78 is 4.50. The zero-order valence-electron chi connectivity index (χ0n) is 5.31. The summed E-state index contributed by atoms with van der Waals surface area (Å²) in [6.45, 7) is 0. The van der Waals surface area contributed by atoms with E-state index >= 15 is 0 Å². The van der Waals surface area contributed by atoms with Gasteiger partial charge in [0.05, 0.1) is 7.11 Å². The molecule has 60 valence electrons. The minimum absolute atomic E-state index is 0.0694. The summed E-state index contributed by atoms with van der Waals surface area (Å²) >= 11 is 9.69. The van der Waals surface area contributed by atoms with Crippen LogP contribution in [0.3, 0.4) is 0 Å². The Kier molecular flexibility index (Phi) is 6.05. The van der Waals surface area contributed by atoms with E-state index < -0.39 is 0 Å². The standard InChI is InChI=1S/C5H7Br3O2/c1-10-5(9)4(8)3(7)2-6/h3-4H,2H2,1H3/t3-,4+/m0/s1. The van der Waals surface area contributed by atoms with Gasteiger partial charge in [0, 0.05) is 10.2 Å². The Balaban J connectivity index is 3.81. The lowest BCUT2D eigenvalue weighted by Crippen LogP contribution is -2.26. The van der Waals surface area contributed by atoms with Crippen molar-refractivity contribution in [3.63, 3.8) is 0 Å². The summed E-state index contributed by atoms with van der Waals surface area (Å²) in [4.78, 5) is 10.6. The maximum absolute atomic E-state index is 10.8. The molecule has 0 rings (SSSR count). The quantitative estimate of drug-likeness (QED) is 0.582. The fourth-order valence-corrected chi connectivity index (χ4v) is 1.80. The third-order valence-electron chi connectivity index (χ3n) is 0.891. The third kappa shape index (κ3) is 3.34. The number of carbonyl (C=O) groups is 1. The van der Waals surface area contributed by atoms with E-state index in [0.29, 0.717) is 5.33 Å². The molecule has 0 aliphatic heterocycles. The van der Waals surface area contributed by atoms with Crippen molar-refractivity contribution in [2.45, 2.75) is 9.65 Å². The second-order valence-corrected chi connectivity index (χ2v) is 4.41. The molecule has 0 aromatic rings. The Bertz CT molecular complexity index is 117. The van der Waals surface area contributed by atoms with Gasteiger partial charge in [0.2, 0.25) is 0 Å². The predicted octanol–water partition coefficient (Wildman–Crippen LogP) is 2.08. The fourth-order valence-electron chi connectivity index (χ4n) is 0.338. The first-order chi connectivity index (χ1) is 4.63. The van der Waals surface area contributed by atoms with E-state index in [9.17, 15) is 4.79 Å². The molecule has 0 N–H and O–H groups in total. The van der Waals surface area contributed by atoms with Crippen LogP contribution in [-0.4, -0.2) is 28.1 Å². The smallest absolute Gasteiger partial charge is 0.320 e. The van der Waals surface area contributed by atoms with Gasteiger partial charge in [-0.15, -0.1) is 0 Å². The molecule has 0 bridgehead atoms. The molecule has 5 heteroatoms. The molecule has 10 heavy (non-hydrogen) atoms. The number of carbonyl (C=O) groups excluding carboxylic acids is 1. The first kappa shape index (κ1) is 10.9. The average Bonchev–Trinajstić information content (AvgIpc) is 2.00. The van der Waals surface area contributed by atoms with Crippen LogP contribution >= 0.6 is 47.8 Å². The van der Waals surface area contributed by atoms with Crippen LogP contribution in [0.15, 0.2) is 0 Å². The Labute approximate surface area is 85.1 Å². The Morgan fingerprint density at radius 2 is 2.10 bits per heavy atom. The van der Waals surface area contributed by atoms with E-state index in [0.717, 1.165) is 0 Å². The van der Waals surface area contributed by atoms with Crippen LogP contribution in [0.25, 0.3) is 0 Å². The largest absolute Gasteiger partial charge is 0.468 e. The molecule has 2 nitrogen and oxygen atoms in total. The summed E-state index contributed by atoms with van der Waals surface area (Å²) in [5.41, 5.74) is 0. The summed E-state index contributed by atoms with van der Waals surface area (Å²) in [7, 11) is 1.37. The zero-order chi connectivity index (χ0) is 8.15. The normalized spacial score (nSPS) is 16.0. The molecule has 0 aliphatic rings. The van der Waals surface area contributed by atoms with Crippen molar-refractivity contribution in [3.8, 4) is 0 Å². The van der Waals surface area contributed by atoms with Crippen molar-refractivity contribution in [2.24, 2.45) is 0 Å². The molecule has 0 amide bonds. The van der Waals surface area contributed by atoms with Gasteiger partial charge in [-0.1, -0.05) is 47.8 Å². The molecule has 0 saturated heterocycles. The first-order valence-electron chi connectivity index (χ1n) is 2.55. The number of halogens is 3. The molecular weight excluding hydrogens is 332 g/mol. The molecule has 0 aromatic carbocycles. The lowest BCUT2D eigenvalue weighted by molar-refractivity contribution is -0.139. The van der Waals surface area contributed by atoms with Gasteiger partial charge in [-0.25, -0.2) is 0 Å². The van der Waals surface area contributed by atoms with E-state index in [1.54, 1.807) is 0 Å². The average molecular weight is 339 g/mol. The lowest BCUT2D eigenvalue weighted by Gasteiger charge is -2.10. The number of hydrogen-bond acceptors (Lipinski definition) is 2. The number of ether oxygens (including phenoxy) is 1. The number of methoxy groups -OCH3 is 1. The topological polar surface area (TPSA) is 26.3 Å². The predicted molar refractivity (Wildman–Crippen MR) is 51.2 cm³/mol. The monoisotopic (exact) mass is 336 g/mol. The van der Waals surface area contributed by atoms with Crippen LogP contribution < -0.4 is 0 Å². The highest BCUT2D eigenvalue weighted by Gasteiger charge is 2.22. The zero-order valence-corrected chi connectivity index (χ0v) is 10.1. The maximum atomic E-state index is 10.8. The molecule has 0 spiro atoms. The Hall–Kier alpha value is 0.910. The van der Waals surface area contributed by atoms with Gasteiger partial charge in [0.15, 0.2) is 0 Å². The van der Waals surface area contributed by atoms with Gasteiger partial charge in [-0.3, -0.25) is 4.79 Å². The van der Waals surface area contributed by atoms with Crippen LogP contribution in [0.1, 0.15) is 0 Å². The van der Waals surface area contributed by atoms with Crippen molar-refractivity contribution < 1.29 is 9.53 Å². The van der Waals surface area contributed by atoms with Crippen LogP contribution in [0.5, 0.6) is 0 Å². The van der Waals surface area contributed by atoms with Crippen LogP contribution in [0.2, 0.25) is 0 Å². The highest BCUT2D eigenvalue weighted by atomic mass is 79.9. The molecular formula is C5H7Br3O2. The Morgan fingerprint density at radius 3 is 2.40 bits per heavy atom. The summed E-state index contributed by atoms with van der Waals surface area (Å²) in [6, 6.07) is 0. The molecule has 0 saturated carbocycles. The first-order valence-corrected chi connectivity index (χ1v) is 5.50. The van der Waals surface area contributed by atoms with Gasteiger partial charge in [-0.2, -0.15) is 0 Å². The number of alkyl halides is 3. The van der Waals surface area contributed by atoms with E-state index in [1.807, 2.05) is 0 Å². The SMILES string of the molecule is COC(=O)[C@H](Br)[C@@H](Br)CBr. The minimum Gasteiger partial charge on any atom is -0.468 e. The molecule has 0 aliphatic carbocycles. The van der Waals surface area contributed by atoms with Crippen molar-refractivity contribution in [1.82, 2.24) is 0 Å². The van der Waals surface area contributed by atoms with Gasteiger partial charge in [0.1, 0.15) is 4.83 Å². The van der Waals surface area contributed by atoms with Gasteiger partial charge in [0.25, 0.3) is 0 Å². The van der Waals surface area contributed by atoms with Crippen molar-refractivity contribution >= 4 is 53.8 Å². The van der Waals surface area contributed by atoms with Crippen molar-refractivity contribution in [3.05, 3.63) is 0 Å². The van der Waals surface area contributed by atoms with E-state index in [4.69, 9.17) is 0 Å². The number of esters is 1. The minimum atomic E-state index is -0.281. The Morgan fingerprint density at radius 1 is 1.60 bits per heavy atom.